The Morgan fingerprint density at radius 2 is 1.93 bits per heavy atom. The molecule has 0 spiro atoms. The second-order valence-corrected chi connectivity index (χ2v) is 11.4. The quantitative estimate of drug-likeness (QED) is 0.424. The summed E-state index contributed by atoms with van der Waals surface area (Å²) < 4.78 is 9.01. The second kappa shape index (κ2) is 7.18. The molecule has 0 aromatic carbocycles. The van der Waals surface area contributed by atoms with Crippen LogP contribution in [0.3, 0.4) is 0 Å². The van der Waals surface area contributed by atoms with E-state index in [0.717, 1.165) is 19.4 Å². The summed E-state index contributed by atoms with van der Waals surface area (Å²) in [5.41, 5.74) is 0. The maximum atomic E-state index is 6.02. The van der Waals surface area contributed by atoms with Gasteiger partial charge in [0.1, 0.15) is 0 Å². The molecule has 84 valence electrons. The van der Waals surface area contributed by atoms with Crippen LogP contribution in [0.2, 0.25) is 18.1 Å². The standard InChI is InChI=1S/C11H21OSi.ClH.Mg/c1-7-8-9-10-12-13(5,6)11(2,3)4;;/h8-10H2,2-6H3;1H;/q;;+1/p-1. The Morgan fingerprint density at radius 3 is 2.40 bits per heavy atom. The van der Waals surface area contributed by atoms with E-state index in [2.05, 4.69) is 43.8 Å². The first-order chi connectivity index (χ1) is 6.81. The average Bonchev–Trinajstić information content (AvgIpc) is 2.09. The third-order valence-electron chi connectivity index (χ3n) is 2.91. The molecule has 0 aliphatic rings. The van der Waals surface area contributed by atoms with Crippen molar-refractivity contribution in [1.29, 1.82) is 0 Å². The molecule has 0 rings (SSSR count). The molecule has 0 radical (unpaired) electrons. The highest BCUT2D eigenvalue weighted by Crippen LogP contribution is 2.36. The highest BCUT2D eigenvalue weighted by Gasteiger charge is 2.36. The molecule has 0 heterocycles. The molecule has 0 aliphatic heterocycles. The molecule has 0 aromatic rings. The normalized spacial score (nSPS) is 11.6. The van der Waals surface area contributed by atoms with Crippen LogP contribution in [0.25, 0.3) is 0 Å². The van der Waals surface area contributed by atoms with Gasteiger partial charge in [-0.2, -0.15) is 0 Å². The summed E-state index contributed by atoms with van der Waals surface area (Å²) in [4.78, 5) is 0. The predicted octanol–water partition coefficient (Wildman–Crippen LogP) is 3.61. The van der Waals surface area contributed by atoms with Crippen LogP contribution in [-0.2, 0) is 4.43 Å². The summed E-state index contributed by atoms with van der Waals surface area (Å²) in [6, 6.07) is 0. The summed E-state index contributed by atoms with van der Waals surface area (Å²) in [6.45, 7) is 12.2. The Bertz CT molecular complexity index is 237. The lowest BCUT2D eigenvalue weighted by Gasteiger charge is -2.36. The minimum Gasteiger partial charge on any atom is -0.417 e. The van der Waals surface area contributed by atoms with Crippen molar-refractivity contribution < 1.29 is 4.43 Å². The van der Waals surface area contributed by atoms with Crippen molar-refractivity contribution in [2.75, 3.05) is 6.61 Å². The van der Waals surface area contributed by atoms with Crippen molar-refractivity contribution in [2.24, 2.45) is 0 Å². The highest BCUT2D eigenvalue weighted by molar-refractivity contribution is 6.98. The molecule has 0 amide bonds. The molecule has 0 atom stereocenters. The zero-order valence-corrected chi connectivity index (χ0v) is 13.8. The van der Waals surface area contributed by atoms with Gasteiger partial charge in [0, 0.05) is 13.0 Å². The first kappa shape index (κ1) is 15.8. The van der Waals surface area contributed by atoms with E-state index in [1.54, 1.807) is 0 Å². The number of halogens is 1. The number of hydrogen-bond donors (Lipinski definition) is 0. The van der Waals surface area contributed by atoms with Gasteiger partial charge in [0.05, 0.1) is 0 Å². The topological polar surface area (TPSA) is 9.23 Å². The van der Waals surface area contributed by atoms with Crippen molar-refractivity contribution >= 4 is 36.7 Å². The fourth-order valence-corrected chi connectivity index (χ4v) is 2.48. The van der Waals surface area contributed by atoms with E-state index in [4.69, 9.17) is 13.5 Å². The molecule has 0 aromatic heterocycles. The highest BCUT2D eigenvalue weighted by atomic mass is 35.5. The Kier molecular flexibility index (Phi) is 7.56. The summed E-state index contributed by atoms with van der Waals surface area (Å²) in [5.74, 6) is 3.08. The van der Waals surface area contributed by atoms with Crippen LogP contribution in [0.4, 0.5) is 0 Å². The van der Waals surface area contributed by atoms with Crippen LogP contribution in [0.5, 0.6) is 0 Å². The van der Waals surface area contributed by atoms with E-state index in [1.165, 1.54) is 0 Å². The van der Waals surface area contributed by atoms with Crippen molar-refractivity contribution in [2.45, 2.75) is 51.7 Å². The number of rotatable bonds is 4. The van der Waals surface area contributed by atoms with Gasteiger partial charge in [0.2, 0.25) is 0 Å². The maximum Gasteiger partial charge on any atom is 0.598 e. The minimum atomic E-state index is -1.54. The van der Waals surface area contributed by atoms with E-state index in [-0.39, 0.29) is 0 Å². The number of hydrogen-bond acceptors (Lipinski definition) is 1. The summed E-state index contributed by atoms with van der Waals surface area (Å²) in [5, 5.41) is 0.307. The molecule has 1 nitrogen and oxygen atoms in total. The van der Waals surface area contributed by atoms with E-state index in [9.17, 15) is 0 Å². The third kappa shape index (κ3) is 6.86. The van der Waals surface area contributed by atoms with E-state index < -0.39 is 27.6 Å². The molecule has 0 saturated heterocycles. The first-order valence-electron chi connectivity index (χ1n) is 5.47. The molecule has 0 aliphatic carbocycles. The van der Waals surface area contributed by atoms with Crippen LogP contribution in [0.1, 0.15) is 33.6 Å². The van der Waals surface area contributed by atoms with Gasteiger partial charge in [-0.15, -0.1) is 5.92 Å². The molecular weight excluding hydrogens is 236 g/mol. The van der Waals surface area contributed by atoms with Gasteiger partial charge >= 0.3 is 19.3 Å². The van der Waals surface area contributed by atoms with Gasteiger partial charge in [0.15, 0.2) is 8.32 Å². The first-order valence-corrected chi connectivity index (χ1v) is 11.2. The van der Waals surface area contributed by atoms with Gasteiger partial charge < -0.3 is 13.5 Å². The molecule has 0 unspecified atom stereocenters. The molecule has 0 saturated carbocycles. The van der Waals surface area contributed by atoms with Crippen molar-refractivity contribution in [3.63, 3.8) is 0 Å². The lowest BCUT2D eigenvalue weighted by molar-refractivity contribution is 0.284. The van der Waals surface area contributed by atoms with Gasteiger partial charge in [-0.25, -0.2) is 4.05 Å². The SMILES string of the molecule is CC(C)(C)[Si](C)(C)OCCCC#[C][Mg][Cl]. The van der Waals surface area contributed by atoms with Crippen LogP contribution in [0, 0.1) is 9.97 Å². The van der Waals surface area contributed by atoms with Crippen LogP contribution in [-0.4, -0.2) is 34.2 Å². The van der Waals surface area contributed by atoms with E-state index in [1.807, 2.05) is 0 Å². The Balaban J connectivity index is 3.77. The molecular formula is C11H21ClMgOSi. The van der Waals surface area contributed by atoms with E-state index >= 15 is 0 Å². The van der Waals surface area contributed by atoms with Crippen molar-refractivity contribution in [1.82, 2.24) is 0 Å². The smallest absolute Gasteiger partial charge is 0.417 e. The average molecular weight is 257 g/mol. The van der Waals surface area contributed by atoms with Crippen LogP contribution >= 0.6 is 9.07 Å². The fourth-order valence-electron chi connectivity index (χ4n) is 0.840. The molecule has 15 heavy (non-hydrogen) atoms. The van der Waals surface area contributed by atoms with Crippen LogP contribution < -0.4 is 0 Å². The largest absolute Gasteiger partial charge is 0.598 e. The summed E-state index contributed by atoms with van der Waals surface area (Å²) in [7, 11) is 4.05. The Hall–Kier alpha value is 0.793. The van der Waals surface area contributed by atoms with Crippen LogP contribution in [0.15, 0.2) is 0 Å². The second-order valence-electron chi connectivity index (χ2n) is 5.20. The zero-order chi connectivity index (χ0) is 11.9. The summed E-state index contributed by atoms with van der Waals surface area (Å²) >= 11 is -0.591. The zero-order valence-electron chi connectivity index (χ0n) is 10.6. The fraction of sp³-hybridized carbons (Fsp3) is 0.818. The predicted molar refractivity (Wildman–Crippen MR) is 71.8 cm³/mol. The van der Waals surface area contributed by atoms with Gasteiger partial charge in [0.25, 0.3) is 0 Å². The minimum absolute atomic E-state index is 0.307. The monoisotopic (exact) mass is 256 g/mol. The Labute approximate surface area is 109 Å². The molecule has 0 fully saturated rings. The van der Waals surface area contributed by atoms with E-state index in [0.29, 0.717) is 5.04 Å². The summed E-state index contributed by atoms with van der Waals surface area (Å²) in [6.07, 6.45) is 1.96. The maximum absolute atomic E-state index is 6.02. The van der Waals surface area contributed by atoms with Crippen molar-refractivity contribution in [3.8, 4) is 9.97 Å². The molecule has 4 heteroatoms. The third-order valence-corrected chi connectivity index (χ3v) is 8.23. The lowest BCUT2D eigenvalue weighted by atomic mass is 10.2. The number of unbranched alkanes of at least 4 members (excludes halogenated alkanes) is 1. The lowest BCUT2D eigenvalue weighted by Crippen LogP contribution is -2.40. The Morgan fingerprint density at radius 1 is 1.33 bits per heavy atom. The van der Waals surface area contributed by atoms with Gasteiger partial charge in [-0.1, -0.05) is 20.8 Å². The van der Waals surface area contributed by atoms with Gasteiger partial charge in [-0.3, -0.25) is 0 Å². The molecule has 0 bridgehead atoms. The molecule has 0 N–H and O–H groups in total. The van der Waals surface area contributed by atoms with Crippen molar-refractivity contribution in [3.05, 3.63) is 0 Å². The van der Waals surface area contributed by atoms with Gasteiger partial charge in [-0.05, 0) is 24.6 Å².